The third-order valence-corrected chi connectivity index (χ3v) is 4.96. The Bertz CT molecular complexity index is 925. The normalized spacial score (nSPS) is 17.9. The third kappa shape index (κ3) is 4.35. The van der Waals surface area contributed by atoms with Crippen LogP contribution in [0.3, 0.4) is 0 Å². The number of para-hydroxylation sites is 1. The van der Waals surface area contributed by atoms with Gasteiger partial charge in [0.2, 0.25) is 11.8 Å². The lowest BCUT2D eigenvalue weighted by molar-refractivity contribution is -0.121. The van der Waals surface area contributed by atoms with Crippen molar-refractivity contribution in [2.75, 3.05) is 4.90 Å². The number of rotatable bonds is 4. The number of carbonyl (C=O) groups is 2. The van der Waals surface area contributed by atoms with Crippen molar-refractivity contribution in [3.8, 4) is 5.75 Å². The van der Waals surface area contributed by atoms with Gasteiger partial charge in [0.1, 0.15) is 11.0 Å². The van der Waals surface area contributed by atoms with Gasteiger partial charge < -0.3 is 10.8 Å². The highest BCUT2D eigenvalue weighted by Crippen LogP contribution is 2.31. The van der Waals surface area contributed by atoms with Gasteiger partial charge in [0, 0.05) is 6.42 Å². The van der Waals surface area contributed by atoms with Crippen LogP contribution in [0.25, 0.3) is 0 Å². The van der Waals surface area contributed by atoms with Gasteiger partial charge >= 0.3 is 0 Å². The van der Waals surface area contributed by atoms with Crippen LogP contribution in [0.4, 0.5) is 5.69 Å². The summed E-state index contributed by atoms with van der Waals surface area (Å²) >= 11 is 1.02. The number of hydrogen-bond donors (Lipinski definition) is 2. The molecular formula is C19H18N4O3S. The first kappa shape index (κ1) is 18.7. The first-order chi connectivity index (χ1) is 13.0. The van der Waals surface area contributed by atoms with E-state index in [0.29, 0.717) is 5.69 Å². The van der Waals surface area contributed by atoms with E-state index >= 15 is 0 Å². The zero-order valence-corrected chi connectivity index (χ0v) is 15.4. The summed E-state index contributed by atoms with van der Waals surface area (Å²) in [5.74, 6) is -0.402. The first-order valence-corrected chi connectivity index (χ1v) is 9.08. The molecule has 0 spiro atoms. The van der Waals surface area contributed by atoms with Gasteiger partial charge in [0.25, 0.3) is 0 Å². The van der Waals surface area contributed by atoms with Gasteiger partial charge in [0.15, 0.2) is 5.17 Å². The molecule has 1 fully saturated rings. The number of amides is 2. The molecule has 1 aliphatic heterocycles. The van der Waals surface area contributed by atoms with Crippen molar-refractivity contribution < 1.29 is 14.7 Å². The predicted octanol–water partition coefficient (Wildman–Crippen LogP) is 2.41. The van der Waals surface area contributed by atoms with Crippen LogP contribution in [0.5, 0.6) is 5.75 Å². The topological polar surface area (TPSA) is 108 Å². The summed E-state index contributed by atoms with van der Waals surface area (Å²) in [7, 11) is 0. The number of nitrogens with two attached hydrogens (primary N) is 1. The second-order valence-electron chi connectivity index (χ2n) is 5.94. The van der Waals surface area contributed by atoms with E-state index in [1.54, 1.807) is 24.3 Å². The fraction of sp³-hybridized carbons (Fsp3) is 0.158. The number of thioether (sulfide) groups is 1. The molecule has 0 unspecified atom stereocenters. The molecular weight excluding hydrogens is 364 g/mol. The quantitative estimate of drug-likeness (QED) is 0.365. The number of hydrogen-bond acceptors (Lipinski definition) is 6. The molecule has 1 aliphatic rings. The third-order valence-electron chi connectivity index (χ3n) is 3.98. The molecule has 1 saturated heterocycles. The minimum atomic E-state index is -0.621. The summed E-state index contributed by atoms with van der Waals surface area (Å²) in [5, 5.41) is 16.5. The van der Waals surface area contributed by atoms with Gasteiger partial charge in [-0.05, 0) is 48.4 Å². The Kier molecular flexibility index (Phi) is 5.56. The Morgan fingerprint density at radius 3 is 2.63 bits per heavy atom. The van der Waals surface area contributed by atoms with Crippen LogP contribution in [0.2, 0.25) is 0 Å². The molecule has 2 amide bonds. The van der Waals surface area contributed by atoms with Crippen LogP contribution in [0, 0.1) is 6.92 Å². The van der Waals surface area contributed by atoms with Crippen molar-refractivity contribution in [2.45, 2.75) is 18.6 Å². The molecule has 2 aromatic rings. The molecule has 138 valence electrons. The Balaban J connectivity index is 1.67. The molecule has 1 heterocycles. The first-order valence-electron chi connectivity index (χ1n) is 8.20. The van der Waals surface area contributed by atoms with Crippen LogP contribution in [0.15, 0.2) is 58.7 Å². The van der Waals surface area contributed by atoms with Gasteiger partial charge in [-0.15, -0.1) is 5.10 Å². The van der Waals surface area contributed by atoms with Gasteiger partial charge in [-0.1, -0.05) is 30.0 Å². The number of phenols is 1. The van der Waals surface area contributed by atoms with Crippen molar-refractivity contribution in [1.82, 2.24) is 0 Å². The molecule has 8 heteroatoms. The van der Waals surface area contributed by atoms with Crippen LogP contribution in [-0.4, -0.2) is 33.6 Å². The lowest BCUT2D eigenvalue weighted by atomic mass is 10.2. The summed E-state index contributed by atoms with van der Waals surface area (Å²) < 4.78 is 0. The highest BCUT2D eigenvalue weighted by atomic mass is 32.2. The maximum absolute atomic E-state index is 12.6. The number of benzene rings is 2. The monoisotopic (exact) mass is 382 g/mol. The smallest absolute Gasteiger partial charge is 0.247 e. The van der Waals surface area contributed by atoms with E-state index in [1.807, 2.05) is 19.1 Å². The highest BCUT2D eigenvalue weighted by molar-refractivity contribution is 8.14. The van der Waals surface area contributed by atoms with Crippen LogP contribution < -0.4 is 10.6 Å². The number of aromatic hydroxyl groups is 1. The van der Waals surface area contributed by atoms with Gasteiger partial charge in [-0.25, -0.2) is 4.90 Å². The van der Waals surface area contributed by atoms with Gasteiger partial charge in [-0.3, -0.25) is 9.59 Å². The van der Waals surface area contributed by atoms with Crippen molar-refractivity contribution in [2.24, 2.45) is 15.9 Å². The number of carbonyl (C=O) groups excluding carboxylic acids is 2. The SMILES string of the molecule is Cc1ccccc1N1C(=O)C[C@H](S/C(N)=N\N=Cc2ccc(O)cc2)C1=O. The van der Waals surface area contributed by atoms with Crippen molar-refractivity contribution in [3.05, 3.63) is 59.7 Å². The molecule has 3 N–H and O–H groups in total. The molecule has 0 aliphatic carbocycles. The van der Waals surface area contributed by atoms with Crippen LogP contribution in [0.1, 0.15) is 17.5 Å². The molecule has 0 radical (unpaired) electrons. The van der Waals surface area contributed by atoms with E-state index in [-0.39, 0.29) is 29.2 Å². The summed E-state index contributed by atoms with van der Waals surface area (Å²) in [6.07, 6.45) is 1.55. The maximum atomic E-state index is 12.6. The molecule has 27 heavy (non-hydrogen) atoms. The van der Waals surface area contributed by atoms with Gasteiger partial charge in [-0.2, -0.15) is 5.10 Å². The number of amidine groups is 1. The van der Waals surface area contributed by atoms with E-state index in [0.717, 1.165) is 22.9 Å². The molecule has 3 rings (SSSR count). The largest absolute Gasteiger partial charge is 0.508 e. The van der Waals surface area contributed by atoms with E-state index in [9.17, 15) is 14.7 Å². The number of phenolic OH excluding ortho intramolecular Hbond substituents is 1. The standard InChI is InChI=1S/C19H18N4O3S/c1-12-4-2-3-5-15(12)23-17(25)10-16(18(23)26)27-19(20)22-21-11-13-6-8-14(24)9-7-13/h2-9,11,16,24H,10H2,1H3,(H2,20,22)/t16-/m0/s1. The summed E-state index contributed by atoms with van der Waals surface area (Å²) in [6, 6.07) is 13.7. The van der Waals surface area contributed by atoms with Crippen molar-refractivity contribution >= 4 is 40.6 Å². The van der Waals surface area contributed by atoms with E-state index < -0.39 is 5.25 Å². The average Bonchev–Trinajstić information content (AvgIpc) is 2.91. The zero-order chi connectivity index (χ0) is 19.4. The Morgan fingerprint density at radius 2 is 1.93 bits per heavy atom. The van der Waals surface area contributed by atoms with Gasteiger partial charge in [0.05, 0.1) is 11.9 Å². The van der Waals surface area contributed by atoms with Crippen LogP contribution in [-0.2, 0) is 9.59 Å². The van der Waals surface area contributed by atoms with E-state index in [1.165, 1.54) is 23.2 Å². The lowest BCUT2D eigenvalue weighted by Crippen LogP contribution is -2.32. The summed E-state index contributed by atoms with van der Waals surface area (Å²) in [5.41, 5.74) is 8.03. The minimum Gasteiger partial charge on any atom is -0.508 e. The number of nitrogens with zero attached hydrogens (tertiary/aromatic N) is 3. The second-order valence-corrected chi connectivity index (χ2v) is 7.16. The predicted molar refractivity (Wildman–Crippen MR) is 107 cm³/mol. The average molecular weight is 382 g/mol. The minimum absolute atomic E-state index is 0.0652. The summed E-state index contributed by atoms with van der Waals surface area (Å²) in [4.78, 5) is 26.2. The molecule has 0 bridgehead atoms. The van der Waals surface area contributed by atoms with Crippen LogP contribution >= 0.6 is 11.8 Å². The Morgan fingerprint density at radius 1 is 1.22 bits per heavy atom. The molecule has 1 atom stereocenters. The maximum Gasteiger partial charge on any atom is 0.247 e. The zero-order valence-electron chi connectivity index (χ0n) is 14.6. The van der Waals surface area contributed by atoms with E-state index in [2.05, 4.69) is 10.2 Å². The van der Waals surface area contributed by atoms with E-state index in [4.69, 9.17) is 5.73 Å². The molecule has 2 aromatic carbocycles. The molecule has 7 nitrogen and oxygen atoms in total. The Labute approximate surface area is 160 Å². The highest BCUT2D eigenvalue weighted by Gasteiger charge is 2.41. The molecule has 0 aromatic heterocycles. The fourth-order valence-electron chi connectivity index (χ4n) is 2.65. The number of anilines is 1. The Hall–Kier alpha value is -3.13. The fourth-order valence-corrected chi connectivity index (χ4v) is 3.46. The van der Waals surface area contributed by atoms with Crippen molar-refractivity contribution in [1.29, 1.82) is 0 Å². The molecule has 0 saturated carbocycles. The lowest BCUT2D eigenvalue weighted by Gasteiger charge is -2.16. The number of imide groups is 1. The second kappa shape index (κ2) is 8.05. The number of aryl methyl sites for hydroxylation is 1. The van der Waals surface area contributed by atoms with Crippen molar-refractivity contribution in [3.63, 3.8) is 0 Å². The summed E-state index contributed by atoms with van der Waals surface area (Å²) in [6.45, 7) is 1.85.